The maximum Gasteiger partial charge on any atom is 0.243 e. The third-order valence-electron chi connectivity index (χ3n) is 2.68. The summed E-state index contributed by atoms with van der Waals surface area (Å²) < 4.78 is 40.1. The maximum absolute atomic E-state index is 13.8. The van der Waals surface area contributed by atoms with Crippen molar-refractivity contribution in [3.63, 3.8) is 0 Å². The number of anilines is 1. The normalized spacial score (nSPS) is 14.2. The Morgan fingerprint density at radius 2 is 2.00 bits per heavy atom. The number of halogens is 2. The lowest BCUT2D eigenvalue weighted by Gasteiger charge is -2.22. The molecule has 21 heavy (non-hydrogen) atoms. The van der Waals surface area contributed by atoms with Crippen LogP contribution in [0.5, 0.6) is 0 Å². The molecule has 5 nitrogen and oxygen atoms in total. The second-order valence-electron chi connectivity index (χ2n) is 6.08. The van der Waals surface area contributed by atoms with E-state index in [1.165, 1.54) is 0 Å². The Kier molecular flexibility index (Phi) is 5.60. The van der Waals surface area contributed by atoms with Crippen molar-refractivity contribution in [1.82, 2.24) is 4.72 Å². The lowest BCUT2D eigenvalue weighted by Crippen LogP contribution is -2.34. The zero-order chi connectivity index (χ0) is 16.4. The molecule has 0 radical (unpaired) electrons. The van der Waals surface area contributed by atoms with Crippen molar-refractivity contribution >= 4 is 27.3 Å². The number of aliphatic hydroxyl groups excluding tert-OH is 1. The van der Waals surface area contributed by atoms with Gasteiger partial charge in [0, 0.05) is 11.6 Å². The fourth-order valence-corrected chi connectivity index (χ4v) is 3.34. The molecular weight excluding hydrogens is 319 g/mol. The number of nitrogen functional groups attached to an aromatic ring is 1. The summed E-state index contributed by atoms with van der Waals surface area (Å²) in [6.07, 6.45) is -0.477. The van der Waals surface area contributed by atoms with Crippen molar-refractivity contribution in [1.29, 1.82) is 0 Å². The molecule has 8 heteroatoms. The van der Waals surface area contributed by atoms with Crippen LogP contribution in [0, 0.1) is 11.2 Å². The van der Waals surface area contributed by atoms with E-state index in [0.29, 0.717) is 6.42 Å². The van der Waals surface area contributed by atoms with Gasteiger partial charge in [-0.1, -0.05) is 32.4 Å². The highest BCUT2D eigenvalue weighted by molar-refractivity contribution is 7.89. The molecule has 0 spiro atoms. The van der Waals surface area contributed by atoms with E-state index < -0.39 is 26.8 Å². The number of nitrogens with two attached hydrogens (primary N) is 1. The van der Waals surface area contributed by atoms with Crippen LogP contribution in [0.2, 0.25) is 5.02 Å². The first kappa shape index (κ1) is 18.2. The van der Waals surface area contributed by atoms with Crippen molar-refractivity contribution in [2.75, 3.05) is 12.3 Å². The molecule has 0 aromatic heterocycles. The number of nitrogens with one attached hydrogen (secondary N) is 1. The molecule has 0 aliphatic rings. The third-order valence-corrected chi connectivity index (χ3v) is 4.32. The maximum atomic E-state index is 13.8. The second kappa shape index (κ2) is 6.48. The lowest BCUT2D eigenvalue weighted by atomic mass is 9.89. The smallest absolute Gasteiger partial charge is 0.243 e. The molecule has 0 heterocycles. The highest BCUT2D eigenvalue weighted by Crippen LogP contribution is 2.25. The zero-order valence-corrected chi connectivity index (χ0v) is 13.7. The number of hydrogen-bond acceptors (Lipinski definition) is 4. The lowest BCUT2D eigenvalue weighted by molar-refractivity contribution is 0.125. The minimum atomic E-state index is -4.14. The van der Waals surface area contributed by atoms with Gasteiger partial charge in [0.1, 0.15) is 4.90 Å². The highest BCUT2D eigenvalue weighted by atomic mass is 35.5. The van der Waals surface area contributed by atoms with Gasteiger partial charge in [0.15, 0.2) is 5.82 Å². The first-order valence-corrected chi connectivity index (χ1v) is 8.21. The van der Waals surface area contributed by atoms with E-state index in [9.17, 15) is 17.9 Å². The molecule has 0 aliphatic carbocycles. The summed E-state index contributed by atoms with van der Waals surface area (Å²) in [5.41, 5.74) is 4.85. The Labute approximate surface area is 129 Å². The van der Waals surface area contributed by atoms with Crippen LogP contribution < -0.4 is 10.5 Å². The Hall–Kier alpha value is -0.890. The van der Waals surface area contributed by atoms with Gasteiger partial charge in [-0.3, -0.25) is 0 Å². The minimum Gasteiger partial charge on any atom is -0.396 e. The van der Waals surface area contributed by atoms with Crippen LogP contribution in [-0.4, -0.2) is 26.2 Å². The fraction of sp³-hybridized carbons (Fsp3) is 0.538. The van der Waals surface area contributed by atoms with Gasteiger partial charge in [0.25, 0.3) is 0 Å². The van der Waals surface area contributed by atoms with E-state index in [-0.39, 0.29) is 22.7 Å². The topological polar surface area (TPSA) is 92.4 Å². The third kappa shape index (κ3) is 5.43. The summed E-state index contributed by atoms with van der Waals surface area (Å²) in [5.74, 6) is -1.06. The SMILES string of the molecule is CC(C)(C)CC(O)CNS(=O)(=O)c1cc(Cl)cc(N)c1F. The van der Waals surface area contributed by atoms with Gasteiger partial charge in [-0.15, -0.1) is 0 Å². The fourth-order valence-electron chi connectivity index (χ4n) is 1.84. The largest absolute Gasteiger partial charge is 0.396 e. The molecule has 0 fully saturated rings. The molecule has 4 N–H and O–H groups in total. The van der Waals surface area contributed by atoms with E-state index in [0.717, 1.165) is 12.1 Å². The van der Waals surface area contributed by atoms with Crippen molar-refractivity contribution in [3.8, 4) is 0 Å². The molecule has 1 aromatic rings. The van der Waals surface area contributed by atoms with Crippen LogP contribution in [0.1, 0.15) is 27.2 Å². The first-order chi connectivity index (χ1) is 9.42. The molecule has 0 aliphatic heterocycles. The van der Waals surface area contributed by atoms with Crippen LogP contribution in [0.25, 0.3) is 0 Å². The van der Waals surface area contributed by atoms with Crippen molar-refractivity contribution in [3.05, 3.63) is 23.0 Å². The van der Waals surface area contributed by atoms with Crippen molar-refractivity contribution < 1.29 is 17.9 Å². The monoisotopic (exact) mass is 338 g/mol. The number of aliphatic hydroxyl groups is 1. The van der Waals surface area contributed by atoms with E-state index in [4.69, 9.17) is 17.3 Å². The van der Waals surface area contributed by atoms with Crippen LogP contribution in [-0.2, 0) is 10.0 Å². The summed E-state index contributed by atoms with van der Waals surface area (Å²) in [6, 6.07) is 2.11. The molecule has 1 rings (SSSR count). The van der Waals surface area contributed by atoms with Crippen molar-refractivity contribution in [2.24, 2.45) is 5.41 Å². The quantitative estimate of drug-likeness (QED) is 0.717. The van der Waals surface area contributed by atoms with Crippen molar-refractivity contribution in [2.45, 2.75) is 38.2 Å². The Balaban J connectivity index is 2.88. The predicted molar refractivity (Wildman–Crippen MR) is 81.1 cm³/mol. The standard InChI is InChI=1S/C13H20ClFN2O3S/c1-13(2,3)6-9(18)7-17-21(19,20)11-5-8(14)4-10(16)12(11)15/h4-5,9,17-18H,6-7,16H2,1-3H3. The van der Waals surface area contributed by atoms with E-state index in [2.05, 4.69) is 4.72 Å². The number of rotatable bonds is 5. The van der Waals surface area contributed by atoms with Gasteiger partial charge in [0.2, 0.25) is 10.0 Å². The Morgan fingerprint density at radius 1 is 1.43 bits per heavy atom. The molecule has 0 bridgehead atoms. The average Bonchev–Trinajstić information content (AvgIpc) is 2.29. The summed E-state index contributed by atoms with van der Waals surface area (Å²) in [5, 5.41) is 9.82. The zero-order valence-electron chi connectivity index (χ0n) is 12.2. The van der Waals surface area contributed by atoms with Crippen LogP contribution in [0.15, 0.2) is 17.0 Å². The molecule has 120 valence electrons. The number of sulfonamides is 1. The van der Waals surface area contributed by atoms with Crippen LogP contribution in [0.3, 0.4) is 0 Å². The predicted octanol–water partition coefficient (Wildman–Crippen LogP) is 2.14. The second-order valence-corrected chi connectivity index (χ2v) is 8.25. The average molecular weight is 339 g/mol. The van der Waals surface area contributed by atoms with Gasteiger partial charge >= 0.3 is 0 Å². The van der Waals surface area contributed by atoms with Gasteiger partial charge in [-0.25, -0.2) is 17.5 Å². The molecule has 1 aromatic carbocycles. The Bertz CT molecular complexity index is 615. The molecular formula is C13H20ClFN2O3S. The van der Waals surface area contributed by atoms with Gasteiger partial charge in [-0.05, 0) is 24.0 Å². The van der Waals surface area contributed by atoms with E-state index in [1.54, 1.807) is 0 Å². The number of benzene rings is 1. The molecule has 0 amide bonds. The van der Waals surface area contributed by atoms with E-state index in [1.807, 2.05) is 20.8 Å². The van der Waals surface area contributed by atoms with Crippen LogP contribution >= 0.6 is 11.6 Å². The Morgan fingerprint density at radius 3 is 2.52 bits per heavy atom. The van der Waals surface area contributed by atoms with Crippen LogP contribution in [0.4, 0.5) is 10.1 Å². The number of hydrogen-bond donors (Lipinski definition) is 3. The molecule has 0 saturated carbocycles. The molecule has 1 unspecified atom stereocenters. The summed E-state index contributed by atoms with van der Waals surface area (Å²) >= 11 is 5.69. The highest BCUT2D eigenvalue weighted by Gasteiger charge is 2.24. The minimum absolute atomic E-state index is 0.0181. The van der Waals surface area contributed by atoms with Gasteiger partial charge < -0.3 is 10.8 Å². The van der Waals surface area contributed by atoms with Gasteiger partial charge in [0.05, 0.1) is 11.8 Å². The summed E-state index contributed by atoms with van der Waals surface area (Å²) in [7, 11) is -4.14. The summed E-state index contributed by atoms with van der Waals surface area (Å²) in [6.45, 7) is 5.54. The van der Waals surface area contributed by atoms with Gasteiger partial charge in [-0.2, -0.15) is 0 Å². The molecule has 0 saturated heterocycles. The summed E-state index contributed by atoms with van der Waals surface area (Å²) in [4.78, 5) is -0.629. The first-order valence-electron chi connectivity index (χ1n) is 6.34. The molecule has 1 atom stereocenters. The van der Waals surface area contributed by atoms with E-state index >= 15 is 0 Å².